The van der Waals surface area contributed by atoms with E-state index < -0.39 is 22.2 Å². The smallest absolute Gasteiger partial charge is 0.192 e. The Bertz CT molecular complexity index is 1330. The van der Waals surface area contributed by atoms with Gasteiger partial charge in [-0.15, -0.1) is 0 Å². The second-order valence-corrected chi connectivity index (χ2v) is 25.4. The van der Waals surface area contributed by atoms with Gasteiger partial charge in [0.05, 0.1) is 42.8 Å². The maximum Gasteiger partial charge on any atom is 0.192 e. The lowest BCUT2D eigenvalue weighted by Gasteiger charge is -2.39. The number of nitrogens with one attached hydrogen (secondary N) is 1. The van der Waals surface area contributed by atoms with E-state index in [-0.39, 0.29) is 22.3 Å². The van der Waals surface area contributed by atoms with E-state index in [1.54, 1.807) is 0 Å². The van der Waals surface area contributed by atoms with Crippen molar-refractivity contribution < 1.29 is 14.0 Å². The molecule has 1 aliphatic carbocycles. The zero-order chi connectivity index (χ0) is 34.8. The van der Waals surface area contributed by atoms with E-state index in [2.05, 4.69) is 91.3 Å². The Hall–Kier alpha value is -2.67. The fourth-order valence-electron chi connectivity index (χ4n) is 4.95. The summed E-state index contributed by atoms with van der Waals surface area (Å²) in [6.07, 6.45) is 5.46. The predicted molar refractivity (Wildman–Crippen MR) is 196 cm³/mol. The van der Waals surface area contributed by atoms with Crippen molar-refractivity contribution in [2.75, 3.05) is 17.6 Å². The molecule has 0 heterocycles. The molecular formula is C37H60N4O3Si2. The lowest BCUT2D eigenvalue weighted by molar-refractivity contribution is 0.0167. The van der Waals surface area contributed by atoms with E-state index in [1.807, 2.05) is 42.5 Å². The summed E-state index contributed by atoms with van der Waals surface area (Å²) in [6, 6.07) is 20.3. The summed E-state index contributed by atoms with van der Waals surface area (Å²) in [4.78, 5) is 0. The lowest BCUT2D eigenvalue weighted by atomic mass is 9.85. The number of benzene rings is 2. The topological polar surface area (TPSA) is 124 Å². The summed E-state index contributed by atoms with van der Waals surface area (Å²) in [7, 11) is -3.87. The number of aliphatic hydroxyl groups is 1. The first-order valence-electron chi connectivity index (χ1n) is 16.7. The highest BCUT2D eigenvalue weighted by molar-refractivity contribution is 6.74. The van der Waals surface area contributed by atoms with Crippen LogP contribution in [0.4, 0.5) is 11.4 Å². The van der Waals surface area contributed by atoms with Crippen LogP contribution in [0.5, 0.6) is 0 Å². The van der Waals surface area contributed by atoms with Crippen molar-refractivity contribution >= 4 is 28.0 Å². The van der Waals surface area contributed by atoms with Gasteiger partial charge in [0, 0.05) is 17.9 Å². The minimum atomic E-state index is -1.97. The Morgan fingerprint density at radius 1 is 0.804 bits per heavy atom. The number of rotatable bonds is 11. The van der Waals surface area contributed by atoms with Gasteiger partial charge in [0.15, 0.2) is 16.6 Å². The Balaban J connectivity index is 0.000000341. The second-order valence-electron chi connectivity index (χ2n) is 15.9. The van der Waals surface area contributed by atoms with Gasteiger partial charge in [-0.05, 0) is 84.5 Å². The molecule has 0 aromatic heterocycles. The highest BCUT2D eigenvalue weighted by Crippen LogP contribution is 2.42. The van der Waals surface area contributed by atoms with Crippen molar-refractivity contribution in [3.63, 3.8) is 0 Å². The molecule has 7 nitrogen and oxygen atoms in total. The van der Waals surface area contributed by atoms with Gasteiger partial charge in [0.1, 0.15) is 0 Å². The number of anilines is 2. The van der Waals surface area contributed by atoms with E-state index in [0.717, 1.165) is 42.5 Å². The van der Waals surface area contributed by atoms with Gasteiger partial charge in [0.25, 0.3) is 0 Å². The van der Waals surface area contributed by atoms with Crippen LogP contribution < -0.4 is 11.1 Å². The fourth-order valence-corrected chi connectivity index (χ4v) is 7.52. The van der Waals surface area contributed by atoms with Gasteiger partial charge < -0.3 is 25.0 Å². The molecular weight excluding hydrogens is 605 g/mol. The molecule has 0 saturated heterocycles. The molecule has 2 unspecified atom stereocenters. The fraction of sp³-hybridized carbons (Fsp3) is 0.622. The van der Waals surface area contributed by atoms with Crippen LogP contribution in [0.2, 0.25) is 36.3 Å². The molecule has 254 valence electrons. The Kier molecular flexibility index (Phi) is 14.1. The molecule has 0 bridgehead atoms. The minimum absolute atomic E-state index is 0.0980. The molecule has 9 heteroatoms. The molecule has 0 spiro atoms. The average Bonchev–Trinajstić information content (AvgIpc) is 2.95. The van der Waals surface area contributed by atoms with E-state index >= 15 is 0 Å². The van der Waals surface area contributed by atoms with Gasteiger partial charge in [-0.1, -0.05) is 85.1 Å². The quantitative estimate of drug-likeness (QED) is 0.161. The minimum Gasteiger partial charge on any atom is -0.409 e. The summed E-state index contributed by atoms with van der Waals surface area (Å²) in [5.41, 5.74) is 8.92. The molecule has 3 rings (SSSR count). The largest absolute Gasteiger partial charge is 0.409 e. The van der Waals surface area contributed by atoms with Crippen LogP contribution in [0.25, 0.3) is 0 Å². The van der Waals surface area contributed by atoms with Gasteiger partial charge >= 0.3 is 0 Å². The first kappa shape index (κ1) is 39.5. The van der Waals surface area contributed by atoms with Crippen LogP contribution in [-0.2, 0) is 8.85 Å². The van der Waals surface area contributed by atoms with Crippen LogP contribution in [-0.4, -0.2) is 33.9 Å². The van der Waals surface area contributed by atoms with E-state index in [9.17, 15) is 10.4 Å². The van der Waals surface area contributed by atoms with Crippen molar-refractivity contribution in [3.8, 4) is 12.1 Å². The zero-order valence-corrected chi connectivity index (χ0v) is 32.2. The first-order valence-corrected chi connectivity index (χ1v) is 22.6. The predicted octanol–water partition coefficient (Wildman–Crippen LogP) is 10.0. The summed E-state index contributed by atoms with van der Waals surface area (Å²) in [5.74, 6) is 0. The third-order valence-corrected chi connectivity index (χ3v) is 19.0. The van der Waals surface area contributed by atoms with Crippen LogP contribution in [0.15, 0.2) is 48.5 Å². The lowest BCUT2D eigenvalue weighted by Crippen LogP contribution is -2.41. The van der Waals surface area contributed by atoms with Crippen molar-refractivity contribution in [1.29, 1.82) is 10.5 Å². The zero-order valence-electron chi connectivity index (χ0n) is 30.2. The standard InChI is InChI=1S/C22H36N2O2Si.C15H24N2OSi/c1-21(2,3)27(4,5)26-20(12-15-23)18-10-9-11-19(16-18)24-17-22(25)13-7-6-8-14-22;1-15(2,3)19(4,5)18-14(9-10-16)12-7-6-8-13(17)11-12/h9-11,16,20,24-25H,6-8,12-14,17H2,1-5H3;6-8,11,14H,9,17H2,1-5H3. The normalized spacial score (nSPS) is 16.6. The molecule has 2 atom stereocenters. The van der Waals surface area contributed by atoms with Crippen LogP contribution in [0, 0.1) is 22.7 Å². The molecule has 2 aromatic rings. The van der Waals surface area contributed by atoms with Crippen LogP contribution in [0.3, 0.4) is 0 Å². The first-order chi connectivity index (χ1) is 21.2. The molecule has 0 aliphatic heterocycles. The summed E-state index contributed by atoms with van der Waals surface area (Å²) in [5, 5.41) is 32.7. The maximum atomic E-state index is 10.7. The molecule has 4 N–H and O–H groups in total. The van der Waals surface area contributed by atoms with Gasteiger partial charge in [-0.25, -0.2) is 0 Å². The van der Waals surface area contributed by atoms with Gasteiger partial charge in [0.2, 0.25) is 0 Å². The molecule has 46 heavy (non-hydrogen) atoms. The third kappa shape index (κ3) is 11.8. The monoisotopic (exact) mass is 664 g/mol. The van der Waals surface area contributed by atoms with E-state index in [0.29, 0.717) is 25.1 Å². The Morgan fingerprint density at radius 3 is 1.70 bits per heavy atom. The molecule has 1 fully saturated rings. The SMILES string of the molecule is CC(C)(C)[Si](C)(C)OC(CC#N)c1cccc(N)c1.CC(C)(C)[Si](C)(C)OC(CC#N)c1cccc(NCC2(O)CCCCC2)c1. The number of nitrogens with zero attached hydrogens (tertiary/aromatic N) is 2. The van der Waals surface area contributed by atoms with Crippen molar-refractivity contribution in [3.05, 3.63) is 59.7 Å². The third-order valence-electron chi connectivity index (χ3n) is 9.99. The number of hydrogen-bond donors (Lipinski definition) is 3. The van der Waals surface area contributed by atoms with Crippen molar-refractivity contribution in [1.82, 2.24) is 0 Å². The van der Waals surface area contributed by atoms with Gasteiger partial charge in [-0.2, -0.15) is 10.5 Å². The molecule has 1 saturated carbocycles. The summed E-state index contributed by atoms with van der Waals surface area (Å²) in [6.45, 7) is 22.6. The van der Waals surface area contributed by atoms with E-state index in [1.165, 1.54) is 6.42 Å². The van der Waals surface area contributed by atoms with Crippen molar-refractivity contribution in [2.45, 2.75) is 141 Å². The summed E-state index contributed by atoms with van der Waals surface area (Å²) >= 11 is 0. The Labute approximate surface area is 281 Å². The molecule has 2 aromatic carbocycles. The molecule has 0 amide bonds. The van der Waals surface area contributed by atoms with Crippen LogP contribution >= 0.6 is 0 Å². The Morgan fingerprint density at radius 2 is 1.26 bits per heavy atom. The number of nitrogen functional groups attached to an aromatic ring is 1. The van der Waals surface area contributed by atoms with Gasteiger partial charge in [-0.3, -0.25) is 0 Å². The number of nitrogens with two attached hydrogens (primary N) is 1. The van der Waals surface area contributed by atoms with Crippen LogP contribution in [0.1, 0.15) is 110 Å². The second kappa shape index (κ2) is 16.4. The molecule has 1 aliphatic rings. The van der Waals surface area contributed by atoms with Crippen molar-refractivity contribution in [2.24, 2.45) is 0 Å². The highest BCUT2D eigenvalue weighted by Gasteiger charge is 2.40. The number of nitriles is 2. The maximum absolute atomic E-state index is 10.7. The average molecular weight is 665 g/mol. The summed E-state index contributed by atoms with van der Waals surface area (Å²) < 4.78 is 12.9. The molecule has 0 radical (unpaired) electrons. The highest BCUT2D eigenvalue weighted by atomic mass is 28.4. The van der Waals surface area contributed by atoms with E-state index in [4.69, 9.17) is 19.8 Å². The number of hydrogen-bond acceptors (Lipinski definition) is 7.